The van der Waals surface area contributed by atoms with Crippen molar-refractivity contribution in [2.75, 3.05) is 18.4 Å². The fraction of sp³-hybridized carbons (Fsp3) is 0.367. The zero-order valence-electron chi connectivity index (χ0n) is 24.5. The Morgan fingerprint density at radius 2 is 1.77 bits per heavy atom. The fourth-order valence-corrected chi connectivity index (χ4v) is 4.64. The van der Waals surface area contributed by atoms with E-state index in [-0.39, 0.29) is 28.6 Å². The van der Waals surface area contributed by atoms with Gasteiger partial charge < -0.3 is 20.3 Å². The molecule has 0 unspecified atom stereocenters. The first-order chi connectivity index (χ1) is 20.9. The van der Waals surface area contributed by atoms with E-state index in [9.17, 15) is 23.6 Å². The number of nitrogens with one attached hydrogen (secondary N) is 2. The number of nitrogens with zero attached hydrogens (tertiary/aromatic N) is 5. The molecule has 44 heavy (non-hydrogen) atoms. The van der Waals surface area contributed by atoms with Crippen molar-refractivity contribution in [3.05, 3.63) is 70.8 Å². The van der Waals surface area contributed by atoms with Gasteiger partial charge in [-0.25, -0.2) is 9.18 Å². The molecule has 0 bridgehead atoms. The van der Waals surface area contributed by atoms with E-state index in [1.807, 2.05) is 0 Å². The third-order valence-corrected chi connectivity index (χ3v) is 6.91. The van der Waals surface area contributed by atoms with Crippen LogP contribution < -0.4 is 10.6 Å². The summed E-state index contributed by atoms with van der Waals surface area (Å²) in [4.78, 5) is 53.4. The van der Waals surface area contributed by atoms with Gasteiger partial charge in [0, 0.05) is 30.4 Å². The van der Waals surface area contributed by atoms with Gasteiger partial charge in [-0.15, -0.1) is 5.10 Å². The normalized spacial score (nSPS) is 14.2. The van der Waals surface area contributed by atoms with Crippen LogP contribution in [-0.4, -0.2) is 73.5 Å². The van der Waals surface area contributed by atoms with E-state index in [4.69, 9.17) is 16.3 Å². The molecule has 232 valence electrons. The summed E-state index contributed by atoms with van der Waals surface area (Å²) in [5.74, 6) is -2.99. The van der Waals surface area contributed by atoms with Gasteiger partial charge in [-0.05, 0) is 92.9 Å². The van der Waals surface area contributed by atoms with E-state index in [0.717, 1.165) is 25.3 Å². The largest absolute Gasteiger partial charge is 0.456 e. The molecule has 0 radical (unpaired) electrons. The average Bonchev–Trinajstić information content (AvgIpc) is 3.52. The molecule has 2 N–H and O–H groups in total. The number of esters is 1. The van der Waals surface area contributed by atoms with E-state index in [1.165, 1.54) is 53.5 Å². The van der Waals surface area contributed by atoms with Crippen molar-refractivity contribution in [1.29, 1.82) is 0 Å². The second-order valence-corrected chi connectivity index (χ2v) is 11.6. The molecule has 1 atom stereocenters. The van der Waals surface area contributed by atoms with Crippen molar-refractivity contribution in [2.45, 2.75) is 58.1 Å². The van der Waals surface area contributed by atoms with Gasteiger partial charge in [0.05, 0.1) is 22.7 Å². The molecule has 14 heteroatoms. The van der Waals surface area contributed by atoms with Gasteiger partial charge in [0.1, 0.15) is 18.0 Å². The molecule has 12 nitrogen and oxygen atoms in total. The van der Waals surface area contributed by atoms with Crippen LogP contribution >= 0.6 is 11.6 Å². The van der Waals surface area contributed by atoms with E-state index in [1.54, 1.807) is 25.7 Å². The molecule has 1 aliphatic heterocycles. The van der Waals surface area contributed by atoms with Gasteiger partial charge in [-0.2, -0.15) is 4.68 Å². The van der Waals surface area contributed by atoms with Crippen molar-refractivity contribution in [2.24, 2.45) is 0 Å². The topological polar surface area (TPSA) is 148 Å². The molecule has 3 amide bonds. The van der Waals surface area contributed by atoms with Crippen LogP contribution in [0.4, 0.5) is 10.1 Å². The summed E-state index contributed by atoms with van der Waals surface area (Å²) in [6, 6.07) is 7.60. The third kappa shape index (κ3) is 8.69. The summed E-state index contributed by atoms with van der Waals surface area (Å²) in [6.07, 6.45) is 5.91. The first-order valence-electron chi connectivity index (χ1n) is 14.0. The number of halogens is 2. The van der Waals surface area contributed by atoms with Crippen LogP contribution in [-0.2, 0) is 19.1 Å². The Kier molecular flexibility index (Phi) is 10.4. The van der Waals surface area contributed by atoms with Crippen LogP contribution in [0, 0.1) is 5.82 Å². The number of likely N-dealkylation sites (tertiary alicyclic amines) is 1. The highest BCUT2D eigenvalue weighted by Crippen LogP contribution is 2.25. The zero-order chi connectivity index (χ0) is 31.9. The summed E-state index contributed by atoms with van der Waals surface area (Å²) >= 11 is 5.96. The summed E-state index contributed by atoms with van der Waals surface area (Å²) in [7, 11) is 0. The minimum absolute atomic E-state index is 0.0598. The van der Waals surface area contributed by atoms with E-state index in [0.29, 0.717) is 24.3 Å². The Labute approximate surface area is 258 Å². The molecule has 0 spiro atoms. The number of rotatable bonds is 9. The Morgan fingerprint density at radius 3 is 2.41 bits per heavy atom. The van der Waals surface area contributed by atoms with Crippen molar-refractivity contribution in [3.8, 4) is 5.69 Å². The minimum atomic E-state index is -1.25. The maximum Gasteiger partial charge on any atom is 0.338 e. The Bertz CT molecular complexity index is 1530. The minimum Gasteiger partial charge on any atom is -0.456 e. The number of anilines is 1. The van der Waals surface area contributed by atoms with Gasteiger partial charge in [-0.1, -0.05) is 11.6 Å². The number of carbonyl (C=O) groups excluding carboxylic acids is 4. The van der Waals surface area contributed by atoms with Crippen molar-refractivity contribution < 1.29 is 28.3 Å². The molecule has 1 aromatic heterocycles. The Balaban J connectivity index is 1.51. The SMILES string of the molecule is CC(C)(C)OC(=O)c1ccc(NC(=O)[C@H](CC(=O)N2CCCCC2)NC(=O)/C=C/c2c(-n3cnnn3)ccc(Cl)c2F)cc1. The fourth-order valence-electron chi connectivity index (χ4n) is 4.48. The number of ether oxygens (including phenoxy) is 1. The number of carbonyl (C=O) groups is 4. The summed E-state index contributed by atoms with van der Waals surface area (Å²) in [5.41, 5.74) is 0.135. The van der Waals surface area contributed by atoms with Crippen molar-refractivity contribution >= 4 is 47.1 Å². The number of hydrogen-bond acceptors (Lipinski definition) is 8. The summed E-state index contributed by atoms with van der Waals surface area (Å²) in [5, 5.41) is 15.9. The molecular formula is C30H33ClFN7O5. The van der Waals surface area contributed by atoms with Gasteiger partial charge in [0.2, 0.25) is 17.7 Å². The molecular weight excluding hydrogens is 593 g/mol. The monoisotopic (exact) mass is 625 g/mol. The lowest BCUT2D eigenvalue weighted by Crippen LogP contribution is -2.47. The van der Waals surface area contributed by atoms with E-state index in [2.05, 4.69) is 26.2 Å². The molecule has 2 aromatic carbocycles. The molecule has 1 fully saturated rings. The van der Waals surface area contributed by atoms with Gasteiger partial charge in [-0.3, -0.25) is 14.4 Å². The number of amides is 3. The average molecular weight is 626 g/mol. The molecule has 3 aromatic rings. The standard InChI is InChI=1S/C30H33ClFN7O5/c1-30(2,3)44-29(43)19-7-9-20(10-8-19)34-28(42)23(17-26(41)38-15-5-4-6-16-38)35-25(40)14-11-21-24(39-18-33-36-37-39)13-12-22(31)27(21)32/h7-14,18,23H,4-6,15-17H2,1-3H3,(H,34,42)(H,35,40)/b14-11+/t23-/m0/s1. The summed E-state index contributed by atoms with van der Waals surface area (Å²) in [6.45, 7) is 6.41. The Morgan fingerprint density at radius 1 is 1.07 bits per heavy atom. The number of aromatic nitrogens is 4. The molecule has 0 aliphatic carbocycles. The predicted molar refractivity (Wildman–Crippen MR) is 160 cm³/mol. The van der Waals surface area contributed by atoms with E-state index >= 15 is 0 Å². The number of piperidine rings is 1. The highest BCUT2D eigenvalue weighted by molar-refractivity contribution is 6.31. The maximum atomic E-state index is 14.9. The van der Waals surface area contributed by atoms with Crippen LogP contribution in [0.2, 0.25) is 5.02 Å². The smallest absolute Gasteiger partial charge is 0.338 e. The van der Waals surface area contributed by atoms with Gasteiger partial charge >= 0.3 is 5.97 Å². The second-order valence-electron chi connectivity index (χ2n) is 11.2. The van der Waals surface area contributed by atoms with Gasteiger partial charge in [0.15, 0.2) is 5.82 Å². The first kappa shape index (κ1) is 32.3. The summed E-state index contributed by atoms with van der Waals surface area (Å²) < 4.78 is 21.5. The first-order valence-corrected chi connectivity index (χ1v) is 14.4. The molecule has 4 rings (SSSR count). The molecule has 1 aliphatic rings. The third-order valence-electron chi connectivity index (χ3n) is 6.61. The van der Waals surface area contributed by atoms with Gasteiger partial charge in [0.25, 0.3) is 0 Å². The van der Waals surface area contributed by atoms with Crippen LogP contribution in [0.3, 0.4) is 0 Å². The van der Waals surface area contributed by atoms with Crippen LogP contribution in [0.25, 0.3) is 11.8 Å². The lowest BCUT2D eigenvalue weighted by atomic mass is 10.1. The predicted octanol–water partition coefficient (Wildman–Crippen LogP) is 3.95. The molecule has 1 saturated heterocycles. The van der Waals surface area contributed by atoms with Crippen LogP contribution in [0.15, 0.2) is 48.8 Å². The number of hydrogen-bond donors (Lipinski definition) is 2. The lowest BCUT2D eigenvalue weighted by Gasteiger charge is -2.28. The lowest BCUT2D eigenvalue weighted by molar-refractivity contribution is -0.135. The highest BCUT2D eigenvalue weighted by atomic mass is 35.5. The number of benzene rings is 2. The number of tetrazole rings is 1. The van der Waals surface area contributed by atoms with E-state index < -0.39 is 35.2 Å². The maximum absolute atomic E-state index is 14.9. The second kappa shape index (κ2) is 14.2. The van der Waals surface area contributed by atoms with Crippen molar-refractivity contribution in [1.82, 2.24) is 30.4 Å². The van der Waals surface area contributed by atoms with Crippen LogP contribution in [0.1, 0.15) is 62.4 Å². The quantitative estimate of drug-likeness (QED) is 0.268. The van der Waals surface area contributed by atoms with Crippen LogP contribution in [0.5, 0.6) is 0 Å². The Hall–Kier alpha value is -4.65. The molecule has 0 saturated carbocycles. The molecule has 2 heterocycles. The van der Waals surface area contributed by atoms with Crippen molar-refractivity contribution in [3.63, 3.8) is 0 Å². The highest BCUT2D eigenvalue weighted by Gasteiger charge is 2.27. The zero-order valence-corrected chi connectivity index (χ0v) is 25.3.